The molecular formula is C11H12BrFO2. The quantitative estimate of drug-likeness (QED) is 0.918. The van der Waals surface area contributed by atoms with E-state index in [1.54, 1.807) is 13.0 Å². The molecule has 0 bridgehead atoms. The average molecular weight is 275 g/mol. The summed E-state index contributed by atoms with van der Waals surface area (Å²) in [4.78, 5) is 11.1. The molecule has 0 saturated heterocycles. The first-order valence-electron chi connectivity index (χ1n) is 4.60. The molecular weight excluding hydrogens is 263 g/mol. The van der Waals surface area contributed by atoms with Crippen molar-refractivity contribution in [2.45, 2.75) is 25.7 Å². The number of benzene rings is 1. The molecule has 4 heteroatoms. The van der Waals surface area contributed by atoms with Crippen LogP contribution in [0.4, 0.5) is 4.39 Å². The van der Waals surface area contributed by atoms with Crippen molar-refractivity contribution >= 4 is 21.9 Å². The fourth-order valence-corrected chi connectivity index (χ4v) is 1.73. The summed E-state index contributed by atoms with van der Waals surface area (Å²) in [5.74, 6) is -1.50. The van der Waals surface area contributed by atoms with Gasteiger partial charge in [-0.05, 0) is 25.5 Å². The van der Waals surface area contributed by atoms with E-state index < -0.39 is 17.2 Å². The molecule has 82 valence electrons. The molecule has 2 nitrogen and oxygen atoms in total. The highest BCUT2D eigenvalue weighted by atomic mass is 79.9. The van der Waals surface area contributed by atoms with Gasteiger partial charge in [-0.1, -0.05) is 28.9 Å². The number of hydrogen-bond donors (Lipinski definition) is 1. The molecule has 0 aliphatic rings. The van der Waals surface area contributed by atoms with Crippen molar-refractivity contribution in [1.29, 1.82) is 0 Å². The normalized spacial score (nSPS) is 14.7. The lowest BCUT2D eigenvalue weighted by molar-refractivity contribution is -0.143. The van der Waals surface area contributed by atoms with Gasteiger partial charge in [0.15, 0.2) is 0 Å². The maximum absolute atomic E-state index is 13.6. The van der Waals surface area contributed by atoms with E-state index >= 15 is 0 Å². The van der Waals surface area contributed by atoms with Crippen LogP contribution < -0.4 is 0 Å². The zero-order valence-electron chi connectivity index (χ0n) is 8.55. The first-order chi connectivity index (χ1) is 6.91. The smallest absolute Gasteiger partial charge is 0.313 e. The van der Waals surface area contributed by atoms with E-state index in [0.29, 0.717) is 10.9 Å². The number of carboxylic acids is 1. The van der Waals surface area contributed by atoms with E-state index in [1.807, 2.05) is 0 Å². The van der Waals surface area contributed by atoms with E-state index in [1.165, 1.54) is 19.1 Å². The van der Waals surface area contributed by atoms with Gasteiger partial charge in [-0.15, -0.1) is 0 Å². The number of halogens is 2. The van der Waals surface area contributed by atoms with Gasteiger partial charge in [0.05, 0.1) is 5.41 Å². The summed E-state index contributed by atoms with van der Waals surface area (Å²) in [5.41, 5.74) is -0.939. The molecule has 1 N–H and O–H groups in total. The summed E-state index contributed by atoms with van der Waals surface area (Å²) in [6, 6.07) is 4.44. The minimum absolute atomic E-state index is 0.223. The first-order valence-corrected chi connectivity index (χ1v) is 5.40. The summed E-state index contributed by atoms with van der Waals surface area (Å²) in [6.07, 6.45) is 0.348. The number of rotatable bonds is 3. The van der Waals surface area contributed by atoms with Gasteiger partial charge < -0.3 is 5.11 Å². The second kappa shape index (κ2) is 4.31. The van der Waals surface area contributed by atoms with Crippen LogP contribution >= 0.6 is 15.9 Å². The van der Waals surface area contributed by atoms with Gasteiger partial charge in [0.1, 0.15) is 5.82 Å². The van der Waals surface area contributed by atoms with Crippen molar-refractivity contribution in [3.63, 3.8) is 0 Å². The van der Waals surface area contributed by atoms with Crippen LogP contribution in [0.5, 0.6) is 0 Å². The third-order valence-electron chi connectivity index (χ3n) is 2.70. The van der Waals surface area contributed by atoms with Gasteiger partial charge in [-0.2, -0.15) is 0 Å². The fraction of sp³-hybridized carbons (Fsp3) is 0.364. The van der Waals surface area contributed by atoms with Gasteiger partial charge in [0.25, 0.3) is 0 Å². The topological polar surface area (TPSA) is 37.3 Å². The third kappa shape index (κ3) is 2.20. The van der Waals surface area contributed by atoms with Gasteiger partial charge >= 0.3 is 5.97 Å². The average Bonchev–Trinajstić information content (AvgIpc) is 2.16. The molecule has 0 spiro atoms. The monoisotopic (exact) mass is 274 g/mol. The summed E-state index contributed by atoms with van der Waals surface area (Å²) in [7, 11) is 0. The largest absolute Gasteiger partial charge is 0.481 e. The van der Waals surface area contributed by atoms with Crippen LogP contribution in [0.1, 0.15) is 25.8 Å². The molecule has 15 heavy (non-hydrogen) atoms. The van der Waals surface area contributed by atoms with Crippen LogP contribution in [0.2, 0.25) is 0 Å². The second-order valence-corrected chi connectivity index (χ2v) is 4.53. The van der Waals surface area contributed by atoms with Gasteiger partial charge in [0, 0.05) is 10.0 Å². The van der Waals surface area contributed by atoms with E-state index in [2.05, 4.69) is 15.9 Å². The van der Waals surface area contributed by atoms with Crippen molar-refractivity contribution in [2.75, 3.05) is 0 Å². The molecule has 1 aromatic rings. The predicted molar refractivity (Wildman–Crippen MR) is 59.4 cm³/mol. The third-order valence-corrected chi connectivity index (χ3v) is 3.20. The fourth-order valence-electron chi connectivity index (χ4n) is 1.39. The number of carboxylic acid groups (broad SMARTS) is 1. The molecule has 0 fully saturated rings. The molecule has 1 rings (SSSR count). The van der Waals surface area contributed by atoms with Crippen LogP contribution in [0, 0.1) is 5.82 Å². The number of carbonyl (C=O) groups is 1. The Balaban J connectivity index is 3.30. The zero-order valence-corrected chi connectivity index (χ0v) is 10.1. The Kier molecular flexibility index (Phi) is 3.50. The van der Waals surface area contributed by atoms with E-state index in [9.17, 15) is 9.18 Å². The SMILES string of the molecule is CCC(C)(C(=O)O)c1ccc(Br)cc1F. The van der Waals surface area contributed by atoms with Crippen molar-refractivity contribution < 1.29 is 14.3 Å². The summed E-state index contributed by atoms with van der Waals surface area (Å²) in [6.45, 7) is 3.26. The molecule has 1 unspecified atom stereocenters. The Bertz CT molecular complexity index is 392. The molecule has 0 heterocycles. The van der Waals surface area contributed by atoms with E-state index in [-0.39, 0.29) is 5.56 Å². The van der Waals surface area contributed by atoms with Gasteiger partial charge in [-0.3, -0.25) is 4.79 Å². The van der Waals surface area contributed by atoms with Crippen LogP contribution in [0.15, 0.2) is 22.7 Å². The van der Waals surface area contributed by atoms with Crippen molar-refractivity contribution in [3.05, 3.63) is 34.1 Å². The Morgan fingerprint density at radius 1 is 1.60 bits per heavy atom. The van der Waals surface area contributed by atoms with Gasteiger partial charge in [0.2, 0.25) is 0 Å². The van der Waals surface area contributed by atoms with Crippen LogP contribution in [0.25, 0.3) is 0 Å². The molecule has 0 radical (unpaired) electrons. The Morgan fingerprint density at radius 3 is 2.60 bits per heavy atom. The predicted octanol–water partition coefficient (Wildman–Crippen LogP) is 3.34. The Labute approximate surface area is 96.2 Å². The molecule has 0 saturated carbocycles. The number of aliphatic carboxylic acids is 1. The maximum Gasteiger partial charge on any atom is 0.313 e. The van der Waals surface area contributed by atoms with Gasteiger partial charge in [-0.25, -0.2) is 4.39 Å². The lowest BCUT2D eigenvalue weighted by Crippen LogP contribution is -2.32. The van der Waals surface area contributed by atoms with Crippen molar-refractivity contribution in [2.24, 2.45) is 0 Å². The number of hydrogen-bond acceptors (Lipinski definition) is 1. The van der Waals surface area contributed by atoms with Crippen LogP contribution in [-0.4, -0.2) is 11.1 Å². The van der Waals surface area contributed by atoms with E-state index in [0.717, 1.165) is 0 Å². The van der Waals surface area contributed by atoms with Crippen LogP contribution in [0.3, 0.4) is 0 Å². The standard InChI is InChI=1S/C11H12BrFO2/c1-3-11(2,10(14)15)8-5-4-7(12)6-9(8)13/h4-6H,3H2,1-2H3,(H,14,15). The summed E-state index contributed by atoms with van der Waals surface area (Å²) < 4.78 is 14.2. The Morgan fingerprint density at radius 2 is 2.20 bits per heavy atom. The molecule has 0 amide bonds. The highest BCUT2D eigenvalue weighted by Gasteiger charge is 2.35. The van der Waals surface area contributed by atoms with Crippen molar-refractivity contribution in [1.82, 2.24) is 0 Å². The molecule has 0 aliphatic carbocycles. The molecule has 1 aromatic carbocycles. The highest BCUT2D eigenvalue weighted by molar-refractivity contribution is 9.10. The highest BCUT2D eigenvalue weighted by Crippen LogP contribution is 2.31. The minimum atomic E-state index is -1.16. The van der Waals surface area contributed by atoms with Crippen molar-refractivity contribution in [3.8, 4) is 0 Å². The minimum Gasteiger partial charge on any atom is -0.481 e. The second-order valence-electron chi connectivity index (χ2n) is 3.61. The Hall–Kier alpha value is -0.900. The maximum atomic E-state index is 13.6. The molecule has 0 aliphatic heterocycles. The first kappa shape index (κ1) is 12.2. The molecule has 1 atom stereocenters. The summed E-state index contributed by atoms with van der Waals surface area (Å²) in [5, 5.41) is 9.10. The van der Waals surface area contributed by atoms with E-state index in [4.69, 9.17) is 5.11 Å². The lowest BCUT2D eigenvalue weighted by Gasteiger charge is -2.24. The summed E-state index contributed by atoms with van der Waals surface area (Å²) >= 11 is 3.13. The zero-order chi connectivity index (χ0) is 11.6. The lowest BCUT2D eigenvalue weighted by atomic mass is 9.80. The molecule has 0 aromatic heterocycles. The van der Waals surface area contributed by atoms with Crippen LogP contribution in [-0.2, 0) is 10.2 Å².